The maximum Gasteiger partial charge on any atom is 0.339 e. The average molecular weight is 315 g/mol. The molecule has 0 aliphatic rings. The SMILES string of the molecule is O=C(O)c1ccc(Cl)cc1OCc1cc(F)ccc1Cl. The zero-order valence-corrected chi connectivity index (χ0v) is 11.6. The number of hydrogen-bond acceptors (Lipinski definition) is 2. The number of halogens is 3. The molecule has 0 unspecified atom stereocenters. The number of carboxylic acid groups (broad SMARTS) is 1. The summed E-state index contributed by atoms with van der Waals surface area (Å²) in [6.45, 7) is -0.0583. The van der Waals surface area contributed by atoms with Gasteiger partial charge in [-0.1, -0.05) is 23.2 Å². The van der Waals surface area contributed by atoms with Crippen molar-refractivity contribution in [2.75, 3.05) is 0 Å². The van der Waals surface area contributed by atoms with Gasteiger partial charge >= 0.3 is 5.97 Å². The Morgan fingerprint density at radius 3 is 2.65 bits per heavy atom. The molecule has 0 radical (unpaired) electrons. The second-order valence-electron chi connectivity index (χ2n) is 3.97. The van der Waals surface area contributed by atoms with Crippen LogP contribution in [0.4, 0.5) is 4.39 Å². The normalized spacial score (nSPS) is 10.3. The fourth-order valence-electron chi connectivity index (χ4n) is 1.60. The second-order valence-corrected chi connectivity index (χ2v) is 4.81. The van der Waals surface area contributed by atoms with Crippen LogP contribution >= 0.6 is 23.2 Å². The molecule has 2 rings (SSSR count). The van der Waals surface area contributed by atoms with Crippen LogP contribution in [0.15, 0.2) is 36.4 Å². The number of benzene rings is 2. The summed E-state index contributed by atoms with van der Waals surface area (Å²) in [5.41, 5.74) is 0.393. The van der Waals surface area contributed by atoms with E-state index >= 15 is 0 Å². The lowest BCUT2D eigenvalue weighted by atomic mass is 10.2. The van der Waals surface area contributed by atoms with Crippen molar-refractivity contribution < 1.29 is 19.0 Å². The van der Waals surface area contributed by atoms with Crippen molar-refractivity contribution in [1.29, 1.82) is 0 Å². The molecular weight excluding hydrogens is 306 g/mol. The minimum atomic E-state index is -1.14. The first-order chi connectivity index (χ1) is 9.47. The van der Waals surface area contributed by atoms with Crippen LogP contribution in [-0.2, 0) is 6.61 Å². The minimum Gasteiger partial charge on any atom is -0.488 e. The third-order valence-electron chi connectivity index (χ3n) is 2.57. The third-order valence-corrected chi connectivity index (χ3v) is 3.17. The van der Waals surface area contributed by atoms with E-state index in [9.17, 15) is 9.18 Å². The molecule has 0 saturated carbocycles. The molecule has 0 aromatic heterocycles. The molecule has 2 aromatic rings. The van der Waals surface area contributed by atoms with Gasteiger partial charge in [-0.25, -0.2) is 9.18 Å². The van der Waals surface area contributed by atoms with E-state index in [1.165, 1.54) is 36.4 Å². The Morgan fingerprint density at radius 1 is 1.20 bits per heavy atom. The molecule has 6 heteroatoms. The van der Waals surface area contributed by atoms with Crippen molar-refractivity contribution in [3.05, 3.63) is 63.4 Å². The first-order valence-corrected chi connectivity index (χ1v) is 6.32. The van der Waals surface area contributed by atoms with Gasteiger partial charge in [-0.3, -0.25) is 0 Å². The van der Waals surface area contributed by atoms with Crippen molar-refractivity contribution >= 4 is 29.2 Å². The molecule has 0 heterocycles. The maximum absolute atomic E-state index is 13.1. The van der Waals surface area contributed by atoms with Crippen molar-refractivity contribution in [2.45, 2.75) is 6.61 Å². The predicted molar refractivity (Wildman–Crippen MR) is 74.2 cm³/mol. The third kappa shape index (κ3) is 3.40. The molecule has 3 nitrogen and oxygen atoms in total. The van der Waals surface area contributed by atoms with E-state index < -0.39 is 11.8 Å². The summed E-state index contributed by atoms with van der Waals surface area (Å²) < 4.78 is 18.5. The maximum atomic E-state index is 13.1. The fraction of sp³-hybridized carbons (Fsp3) is 0.0714. The van der Waals surface area contributed by atoms with E-state index in [1.807, 2.05) is 0 Å². The molecular formula is C14H9Cl2FO3. The largest absolute Gasteiger partial charge is 0.488 e. The molecule has 0 amide bonds. The summed E-state index contributed by atoms with van der Waals surface area (Å²) in [7, 11) is 0. The van der Waals surface area contributed by atoms with Crippen LogP contribution in [-0.4, -0.2) is 11.1 Å². The first-order valence-electron chi connectivity index (χ1n) is 5.57. The Bertz CT molecular complexity index is 659. The van der Waals surface area contributed by atoms with Gasteiger partial charge in [-0.05, 0) is 36.4 Å². The first kappa shape index (κ1) is 14.6. The molecule has 20 heavy (non-hydrogen) atoms. The van der Waals surface area contributed by atoms with E-state index in [1.54, 1.807) is 0 Å². The lowest BCUT2D eigenvalue weighted by Crippen LogP contribution is -2.04. The summed E-state index contributed by atoms with van der Waals surface area (Å²) in [5, 5.41) is 9.72. The van der Waals surface area contributed by atoms with E-state index in [4.69, 9.17) is 33.0 Å². The lowest BCUT2D eigenvalue weighted by Gasteiger charge is -2.10. The Balaban J connectivity index is 2.24. The van der Waals surface area contributed by atoms with Crippen LogP contribution in [0.2, 0.25) is 10.0 Å². The molecule has 104 valence electrons. The van der Waals surface area contributed by atoms with Crippen molar-refractivity contribution in [1.82, 2.24) is 0 Å². The van der Waals surface area contributed by atoms with Crippen LogP contribution in [0.3, 0.4) is 0 Å². The molecule has 0 atom stereocenters. The van der Waals surface area contributed by atoms with Gasteiger partial charge in [0.15, 0.2) is 0 Å². The Labute approximate surface area is 124 Å². The molecule has 0 spiro atoms. The number of carboxylic acids is 1. The predicted octanol–water partition coefficient (Wildman–Crippen LogP) is 4.41. The van der Waals surface area contributed by atoms with Crippen LogP contribution in [0.25, 0.3) is 0 Å². The van der Waals surface area contributed by atoms with Gasteiger partial charge in [-0.15, -0.1) is 0 Å². The van der Waals surface area contributed by atoms with E-state index in [2.05, 4.69) is 0 Å². The number of hydrogen-bond donors (Lipinski definition) is 1. The van der Waals surface area contributed by atoms with Crippen molar-refractivity contribution in [3.8, 4) is 5.75 Å². The molecule has 0 saturated heterocycles. The van der Waals surface area contributed by atoms with Crippen LogP contribution < -0.4 is 4.74 Å². The van der Waals surface area contributed by atoms with Crippen molar-refractivity contribution in [2.24, 2.45) is 0 Å². The number of rotatable bonds is 4. The quantitative estimate of drug-likeness (QED) is 0.909. The van der Waals surface area contributed by atoms with E-state index in [-0.39, 0.29) is 17.9 Å². The highest BCUT2D eigenvalue weighted by Gasteiger charge is 2.12. The number of ether oxygens (including phenoxy) is 1. The number of carbonyl (C=O) groups is 1. The van der Waals surface area contributed by atoms with Gasteiger partial charge in [0.1, 0.15) is 23.7 Å². The Hall–Kier alpha value is -1.78. The summed E-state index contributed by atoms with van der Waals surface area (Å²) in [6, 6.07) is 8.05. The van der Waals surface area contributed by atoms with E-state index in [0.29, 0.717) is 15.6 Å². The second kappa shape index (κ2) is 6.11. The van der Waals surface area contributed by atoms with Crippen LogP contribution in [0.5, 0.6) is 5.75 Å². The van der Waals surface area contributed by atoms with Crippen molar-refractivity contribution in [3.63, 3.8) is 0 Å². The topological polar surface area (TPSA) is 46.5 Å². The minimum absolute atomic E-state index is 0.0260. The average Bonchev–Trinajstić information content (AvgIpc) is 2.39. The smallest absolute Gasteiger partial charge is 0.339 e. The van der Waals surface area contributed by atoms with Gasteiger partial charge in [0, 0.05) is 15.6 Å². The summed E-state index contributed by atoms with van der Waals surface area (Å²) in [4.78, 5) is 11.1. The van der Waals surface area contributed by atoms with Crippen LogP contribution in [0.1, 0.15) is 15.9 Å². The van der Waals surface area contributed by atoms with E-state index in [0.717, 1.165) is 0 Å². The summed E-state index contributed by atoms with van der Waals surface area (Å²) in [6.07, 6.45) is 0. The zero-order chi connectivity index (χ0) is 14.7. The monoisotopic (exact) mass is 314 g/mol. The Kier molecular flexibility index (Phi) is 4.47. The standard InChI is InChI=1S/C14H9Cl2FO3/c15-9-1-3-11(14(18)19)13(6-9)20-7-8-5-10(17)2-4-12(8)16/h1-6H,7H2,(H,18,19). The molecule has 1 N–H and O–H groups in total. The highest BCUT2D eigenvalue weighted by molar-refractivity contribution is 6.31. The summed E-state index contributed by atoms with van der Waals surface area (Å²) >= 11 is 11.7. The number of aromatic carboxylic acids is 1. The zero-order valence-electron chi connectivity index (χ0n) is 10.1. The lowest BCUT2D eigenvalue weighted by molar-refractivity contribution is 0.0692. The molecule has 0 fully saturated rings. The van der Waals surface area contributed by atoms with Crippen LogP contribution in [0, 0.1) is 5.82 Å². The van der Waals surface area contributed by atoms with Gasteiger partial charge in [0.25, 0.3) is 0 Å². The highest BCUT2D eigenvalue weighted by Crippen LogP contribution is 2.26. The highest BCUT2D eigenvalue weighted by atomic mass is 35.5. The van der Waals surface area contributed by atoms with Gasteiger partial charge in [0.2, 0.25) is 0 Å². The molecule has 0 bridgehead atoms. The summed E-state index contributed by atoms with van der Waals surface area (Å²) in [5.74, 6) is -1.48. The molecule has 2 aromatic carbocycles. The van der Waals surface area contributed by atoms with Gasteiger partial charge < -0.3 is 9.84 Å². The van der Waals surface area contributed by atoms with Gasteiger partial charge in [-0.2, -0.15) is 0 Å². The molecule has 0 aliphatic heterocycles. The Morgan fingerprint density at radius 2 is 1.95 bits per heavy atom. The molecule has 0 aliphatic carbocycles. The van der Waals surface area contributed by atoms with Gasteiger partial charge in [0.05, 0.1) is 0 Å². The fourth-order valence-corrected chi connectivity index (χ4v) is 1.94.